The number of hydrogen-bond donors (Lipinski definition) is 2. The van der Waals surface area contributed by atoms with Gasteiger partial charge in [-0.1, -0.05) is 12.8 Å². The van der Waals surface area contributed by atoms with E-state index in [1.54, 1.807) is 24.4 Å². The molecule has 33 heavy (non-hydrogen) atoms. The fourth-order valence-electron chi connectivity index (χ4n) is 5.00. The molecule has 0 radical (unpaired) electrons. The lowest BCUT2D eigenvalue weighted by Crippen LogP contribution is -2.31. The number of aromatic nitrogens is 3. The van der Waals surface area contributed by atoms with Crippen molar-refractivity contribution in [2.75, 3.05) is 5.32 Å². The molecule has 9 nitrogen and oxygen atoms in total. The van der Waals surface area contributed by atoms with E-state index in [9.17, 15) is 18.5 Å². The number of nitrogens with one attached hydrogen (secondary N) is 2. The maximum absolute atomic E-state index is 12.8. The average Bonchev–Trinajstić information content (AvgIpc) is 3.29. The van der Waals surface area contributed by atoms with Crippen molar-refractivity contribution >= 4 is 32.4 Å². The standard InChI is InChI=1S/C23H26N6O3S/c1-14(2)28-13-16-11-17(7-8-20(16)33(28,31)32)26-22-21-19(9-10-25-23(21)30)29(27-22)18-6-4-3-5-15(18)12-24/h7-11,14-15,18H,3-6,13H2,1-2H3,(H,25,30)(H,26,27)/t15?,18-/m0/s1. The zero-order chi connectivity index (χ0) is 23.3. The molecule has 0 amide bonds. The Balaban J connectivity index is 1.56. The van der Waals surface area contributed by atoms with Crippen molar-refractivity contribution < 1.29 is 8.42 Å². The van der Waals surface area contributed by atoms with Crippen molar-refractivity contribution in [2.24, 2.45) is 5.92 Å². The van der Waals surface area contributed by atoms with Gasteiger partial charge in [-0.2, -0.15) is 14.7 Å². The Morgan fingerprint density at radius 2 is 2.03 bits per heavy atom. The van der Waals surface area contributed by atoms with Gasteiger partial charge < -0.3 is 10.3 Å². The molecule has 2 aliphatic rings. The smallest absolute Gasteiger partial charge is 0.261 e. The molecule has 1 unspecified atom stereocenters. The molecule has 2 atom stereocenters. The lowest BCUT2D eigenvalue weighted by Gasteiger charge is -2.27. The van der Waals surface area contributed by atoms with Gasteiger partial charge in [-0.25, -0.2) is 8.42 Å². The van der Waals surface area contributed by atoms with Gasteiger partial charge in [0.15, 0.2) is 5.82 Å². The number of aromatic amines is 1. The van der Waals surface area contributed by atoms with E-state index in [4.69, 9.17) is 5.10 Å². The first-order chi connectivity index (χ1) is 15.8. The molecule has 1 aliphatic heterocycles. The average molecular weight is 467 g/mol. The molecular weight excluding hydrogens is 440 g/mol. The van der Waals surface area contributed by atoms with E-state index in [1.807, 2.05) is 24.6 Å². The number of benzene rings is 1. The number of H-pyrrole nitrogens is 1. The topological polar surface area (TPSA) is 124 Å². The summed E-state index contributed by atoms with van der Waals surface area (Å²) in [6, 6.07) is 9.10. The summed E-state index contributed by atoms with van der Waals surface area (Å²) < 4.78 is 28.8. The summed E-state index contributed by atoms with van der Waals surface area (Å²) in [5.74, 6) is 0.247. The van der Waals surface area contributed by atoms with Crippen LogP contribution in [0.4, 0.5) is 11.5 Å². The van der Waals surface area contributed by atoms with Crippen LogP contribution in [0.15, 0.2) is 40.2 Å². The highest BCUT2D eigenvalue weighted by molar-refractivity contribution is 7.89. The Labute approximate surface area is 192 Å². The SMILES string of the molecule is CC(C)N1Cc2cc(Nc3nn([C@H]4CCCCC4C#N)c4cc[nH]c(=O)c34)ccc2S1(=O)=O. The van der Waals surface area contributed by atoms with Crippen LogP contribution in [-0.2, 0) is 16.6 Å². The van der Waals surface area contributed by atoms with Gasteiger partial charge in [0, 0.05) is 24.5 Å². The van der Waals surface area contributed by atoms with E-state index in [0.717, 1.165) is 25.7 Å². The van der Waals surface area contributed by atoms with Crippen molar-refractivity contribution in [1.82, 2.24) is 19.1 Å². The summed E-state index contributed by atoms with van der Waals surface area (Å²) in [5, 5.41) is 18.1. The number of anilines is 2. The molecule has 10 heteroatoms. The highest BCUT2D eigenvalue weighted by Gasteiger charge is 2.36. The van der Waals surface area contributed by atoms with Crippen molar-refractivity contribution in [2.45, 2.75) is 63.1 Å². The minimum atomic E-state index is -3.50. The second-order valence-electron chi connectivity index (χ2n) is 9.04. The Bertz CT molecular complexity index is 1430. The first-order valence-electron chi connectivity index (χ1n) is 11.2. The third-order valence-corrected chi connectivity index (χ3v) is 8.77. The largest absolute Gasteiger partial charge is 0.338 e. The Kier molecular flexibility index (Phi) is 5.26. The Morgan fingerprint density at radius 1 is 1.24 bits per heavy atom. The van der Waals surface area contributed by atoms with Crippen molar-refractivity contribution in [3.05, 3.63) is 46.4 Å². The van der Waals surface area contributed by atoms with Gasteiger partial charge in [0.1, 0.15) is 5.39 Å². The molecular formula is C23H26N6O3S. The van der Waals surface area contributed by atoms with E-state index in [2.05, 4.69) is 16.4 Å². The summed E-state index contributed by atoms with van der Waals surface area (Å²) in [6.45, 7) is 4.02. The second kappa shape index (κ2) is 8.01. The van der Waals surface area contributed by atoms with Crippen LogP contribution < -0.4 is 10.9 Å². The van der Waals surface area contributed by atoms with Crippen LogP contribution in [0.5, 0.6) is 0 Å². The quantitative estimate of drug-likeness (QED) is 0.605. The first kappa shape index (κ1) is 21.7. The number of pyridine rings is 1. The summed E-state index contributed by atoms with van der Waals surface area (Å²) in [4.78, 5) is 15.8. The lowest BCUT2D eigenvalue weighted by molar-refractivity contribution is 0.277. The van der Waals surface area contributed by atoms with E-state index >= 15 is 0 Å². The van der Waals surface area contributed by atoms with Crippen LogP contribution in [0.2, 0.25) is 0 Å². The fraction of sp³-hybridized carbons (Fsp3) is 0.435. The number of fused-ring (bicyclic) bond motifs is 2. The van der Waals surface area contributed by atoms with Crippen LogP contribution in [0.25, 0.3) is 10.9 Å². The van der Waals surface area contributed by atoms with Crippen molar-refractivity contribution in [1.29, 1.82) is 5.26 Å². The maximum atomic E-state index is 12.8. The van der Waals surface area contributed by atoms with Gasteiger partial charge in [-0.05, 0) is 56.5 Å². The van der Waals surface area contributed by atoms with Crippen LogP contribution in [0, 0.1) is 17.2 Å². The Hall–Kier alpha value is -3.16. The summed E-state index contributed by atoms with van der Waals surface area (Å²) in [5.41, 5.74) is 1.79. The monoisotopic (exact) mass is 466 g/mol. The molecule has 1 aliphatic carbocycles. The van der Waals surface area contributed by atoms with Gasteiger partial charge in [0.2, 0.25) is 10.0 Å². The molecule has 1 aromatic carbocycles. The molecule has 1 saturated carbocycles. The van der Waals surface area contributed by atoms with Crippen LogP contribution in [-0.4, -0.2) is 33.5 Å². The fourth-order valence-corrected chi connectivity index (χ4v) is 6.81. The number of nitrogens with zero attached hydrogens (tertiary/aromatic N) is 4. The zero-order valence-electron chi connectivity index (χ0n) is 18.6. The van der Waals surface area contributed by atoms with Crippen LogP contribution in [0.3, 0.4) is 0 Å². The van der Waals surface area contributed by atoms with E-state index in [0.29, 0.717) is 39.4 Å². The third kappa shape index (κ3) is 3.52. The normalized spacial score (nSPS) is 22.4. The second-order valence-corrected chi connectivity index (χ2v) is 10.9. The summed E-state index contributed by atoms with van der Waals surface area (Å²) in [7, 11) is -3.50. The van der Waals surface area contributed by atoms with Gasteiger partial charge in [-0.3, -0.25) is 9.48 Å². The minimum absolute atomic E-state index is 0.0895. The molecule has 3 heterocycles. The highest BCUT2D eigenvalue weighted by Crippen LogP contribution is 2.38. The zero-order valence-corrected chi connectivity index (χ0v) is 19.4. The number of hydrogen-bond acceptors (Lipinski definition) is 6. The van der Waals surface area contributed by atoms with Gasteiger partial charge in [-0.15, -0.1) is 0 Å². The molecule has 0 saturated heterocycles. The molecule has 2 aromatic heterocycles. The molecule has 0 bridgehead atoms. The first-order valence-corrected chi connectivity index (χ1v) is 12.7. The Morgan fingerprint density at radius 3 is 2.79 bits per heavy atom. The van der Waals surface area contributed by atoms with E-state index in [1.165, 1.54) is 4.31 Å². The molecule has 0 spiro atoms. The predicted molar refractivity (Wildman–Crippen MR) is 125 cm³/mol. The van der Waals surface area contributed by atoms with Crippen molar-refractivity contribution in [3.63, 3.8) is 0 Å². The summed E-state index contributed by atoms with van der Waals surface area (Å²) >= 11 is 0. The third-order valence-electron chi connectivity index (χ3n) is 6.65. The van der Waals surface area contributed by atoms with E-state index in [-0.39, 0.29) is 23.6 Å². The number of sulfonamides is 1. The van der Waals surface area contributed by atoms with Gasteiger partial charge >= 0.3 is 0 Å². The lowest BCUT2D eigenvalue weighted by atomic mass is 9.85. The molecule has 172 valence electrons. The molecule has 3 aromatic rings. The minimum Gasteiger partial charge on any atom is -0.338 e. The summed E-state index contributed by atoms with van der Waals surface area (Å²) in [6.07, 6.45) is 5.29. The molecule has 2 N–H and O–H groups in total. The maximum Gasteiger partial charge on any atom is 0.261 e. The van der Waals surface area contributed by atoms with Crippen molar-refractivity contribution in [3.8, 4) is 6.07 Å². The molecule has 1 fully saturated rings. The van der Waals surface area contributed by atoms with E-state index < -0.39 is 10.0 Å². The van der Waals surface area contributed by atoms with Gasteiger partial charge in [0.05, 0.1) is 28.4 Å². The predicted octanol–water partition coefficient (Wildman–Crippen LogP) is 3.64. The van der Waals surface area contributed by atoms with Gasteiger partial charge in [0.25, 0.3) is 5.56 Å². The van der Waals surface area contributed by atoms with Crippen LogP contribution in [0.1, 0.15) is 51.1 Å². The highest BCUT2D eigenvalue weighted by atomic mass is 32.2. The van der Waals surface area contributed by atoms with Crippen LogP contribution >= 0.6 is 0 Å². The number of rotatable bonds is 4. The molecule has 5 rings (SSSR count). The number of nitriles is 1.